The topological polar surface area (TPSA) is 49.2 Å². The number of rotatable bonds is 2. The van der Waals surface area contributed by atoms with E-state index in [1.807, 2.05) is 20.8 Å². The number of aromatic nitrogens is 3. The van der Waals surface area contributed by atoms with Crippen molar-refractivity contribution in [2.24, 2.45) is 11.3 Å². The van der Waals surface area contributed by atoms with Gasteiger partial charge in [-0.2, -0.15) is 0 Å². The maximum Gasteiger partial charge on any atom is 0.163 e. The van der Waals surface area contributed by atoms with Gasteiger partial charge in [0, 0.05) is 17.0 Å². The molecule has 2 aliphatic carbocycles. The molecule has 0 N–H and O–H groups in total. The largest absolute Gasteiger partial charge is 0.344 e. The Kier molecular flexibility index (Phi) is 2.40. The number of ether oxygens (including phenoxy) is 2. The van der Waals surface area contributed by atoms with E-state index in [9.17, 15) is 0 Å². The Morgan fingerprint density at radius 1 is 1.35 bits per heavy atom. The maximum atomic E-state index is 6.28. The standard InChI is InChI=1S/C18H21N3O2/c1-5-18-8-12(18)13(14-15(18)23-17(3,4)22-14)21-7-6-11-10(2)19-9-20-16(11)21/h5-7,9,12-15H,1,8H2,2-4H3/t12-,13-,14+,15+,18-/m1/s1. The van der Waals surface area contributed by atoms with Gasteiger partial charge in [-0.05, 0) is 39.2 Å². The van der Waals surface area contributed by atoms with Gasteiger partial charge < -0.3 is 14.0 Å². The maximum absolute atomic E-state index is 6.28. The summed E-state index contributed by atoms with van der Waals surface area (Å²) in [6.45, 7) is 10.1. The van der Waals surface area contributed by atoms with Crippen molar-refractivity contribution in [3.63, 3.8) is 0 Å². The second-order valence-electron chi connectivity index (χ2n) is 7.56. The zero-order valence-electron chi connectivity index (χ0n) is 13.7. The lowest BCUT2D eigenvalue weighted by Crippen LogP contribution is -2.31. The van der Waals surface area contributed by atoms with Crippen LogP contribution >= 0.6 is 0 Å². The van der Waals surface area contributed by atoms with Gasteiger partial charge in [-0.25, -0.2) is 9.97 Å². The summed E-state index contributed by atoms with van der Waals surface area (Å²) in [6, 6.07) is 2.35. The van der Waals surface area contributed by atoms with Crippen molar-refractivity contribution in [2.45, 2.75) is 51.2 Å². The molecule has 1 saturated heterocycles. The molecule has 2 aromatic rings. The van der Waals surface area contributed by atoms with E-state index >= 15 is 0 Å². The lowest BCUT2D eigenvalue weighted by Gasteiger charge is -2.24. The summed E-state index contributed by atoms with van der Waals surface area (Å²) < 4.78 is 14.8. The van der Waals surface area contributed by atoms with Gasteiger partial charge in [-0.15, -0.1) is 6.58 Å². The van der Waals surface area contributed by atoms with Crippen LogP contribution in [0.5, 0.6) is 0 Å². The lowest BCUT2D eigenvalue weighted by atomic mass is 10.00. The van der Waals surface area contributed by atoms with Gasteiger partial charge in [0.05, 0.1) is 17.8 Å². The van der Waals surface area contributed by atoms with E-state index in [0.29, 0.717) is 5.92 Å². The number of fused-ring (bicyclic) bond motifs is 4. The van der Waals surface area contributed by atoms with E-state index in [1.54, 1.807) is 6.33 Å². The van der Waals surface area contributed by atoms with Crippen LogP contribution in [0.1, 0.15) is 32.0 Å². The van der Waals surface area contributed by atoms with Gasteiger partial charge in [-0.1, -0.05) is 6.08 Å². The van der Waals surface area contributed by atoms with Crippen LogP contribution in [0.25, 0.3) is 11.0 Å². The molecule has 23 heavy (non-hydrogen) atoms. The number of aryl methyl sites for hydroxylation is 1. The fourth-order valence-electron chi connectivity index (χ4n) is 4.81. The molecule has 5 atom stereocenters. The zero-order valence-corrected chi connectivity index (χ0v) is 13.7. The predicted octanol–water partition coefficient (Wildman–Crippen LogP) is 3.01. The van der Waals surface area contributed by atoms with Crippen LogP contribution < -0.4 is 0 Å². The third-order valence-corrected chi connectivity index (χ3v) is 5.92. The Bertz CT molecular complexity index is 827. The minimum Gasteiger partial charge on any atom is -0.344 e. The number of nitrogens with zero attached hydrogens (tertiary/aromatic N) is 3. The molecule has 0 unspecified atom stereocenters. The van der Waals surface area contributed by atoms with Crippen LogP contribution in [-0.4, -0.2) is 32.5 Å². The van der Waals surface area contributed by atoms with Crippen LogP contribution in [0.15, 0.2) is 31.2 Å². The molecule has 3 fully saturated rings. The molecule has 0 amide bonds. The molecule has 0 radical (unpaired) electrons. The Labute approximate surface area is 135 Å². The van der Waals surface area contributed by atoms with E-state index in [0.717, 1.165) is 23.1 Å². The van der Waals surface area contributed by atoms with Gasteiger partial charge in [-0.3, -0.25) is 0 Å². The highest BCUT2D eigenvalue weighted by atomic mass is 16.8. The first-order valence-corrected chi connectivity index (χ1v) is 8.24. The van der Waals surface area contributed by atoms with E-state index in [-0.39, 0.29) is 23.7 Å². The SMILES string of the molecule is C=C[C@@]12C[C@@H]1[C@@H](n1ccc3c(C)ncnc31)[C@@H]1OC(C)(C)O[C@@H]12. The smallest absolute Gasteiger partial charge is 0.163 e. The van der Waals surface area contributed by atoms with Crippen LogP contribution in [-0.2, 0) is 9.47 Å². The number of hydrogen-bond donors (Lipinski definition) is 0. The van der Waals surface area contributed by atoms with Crippen molar-refractivity contribution in [1.82, 2.24) is 14.5 Å². The highest BCUT2D eigenvalue weighted by molar-refractivity contribution is 5.78. The summed E-state index contributed by atoms with van der Waals surface area (Å²) in [7, 11) is 0. The molecular formula is C18H21N3O2. The van der Waals surface area contributed by atoms with Crippen LogP contribution in [0, 0.1) is 18.3 Å². The number of hydrogen-bond acceptors (Lipinski definition) is 4. The molecule has 2 aromatic heterocycles. The normalized spacial score (nSPS) is 40.1. The minimum atomic E-state index is -0.537. The Morgan fingerprint density at radius 2 is 2.17 bits per heavy atom. The highest BCUT2D eigenvalue weighted by Crippen LogP contribution is 2.72. The molecule has 3 aliphatic rings. The summed E-state index contributed by atoms with van der Waals surface area (Å²) >= 11 is 0. The molecule has 0 aromatic carbocycles. The molecule has 5 rings (SSSR count). The van der Waals surface area contributed by atoms with Crippen LogP contribution in [0.3, 0.4) is 0 Å². The molecule has 5 nitrogen and oxygen atoms in total. The van der Waals surface area contributed by atoms with E-state index in [2.05, 4.69) is 39.5 Å². The molecule has 3 heterocycles. The molecule has 2 saturated carbocycles. The Balaban J connectivity index is 1.65. The summed E-state index contributed by atoms with van der Waals surface area (Å²) in [5.74, 6) is -0.0256. The van der Waals surface area contributed by atoms with Crippen molar-refractivity contribution in [2.75, 3.05) is 0 Å². The van der Waals surface area contributed by atoms with Gasteiger partial charge in [0.1, 0.15) is 18.1 Å². The van der Waals surface area contributed by atoms with Crippen molar-refractivity contribution in [3.05, 3.63) is 36.9 Å². The first-order chi connectivity index (χ1) is 11.0. The fraction of sp³-hybridized carbons (Fsp3) is 0.556. The molecule has 0 spiro atoms. The molecule has 120 valence electrons. The summed E-state index contributed by atoms with van der Waals surface area (Å²) in [5, 5.41) is 1.11. The average molecular weight is 311 g/mol. The monoisotopic (exact) mass is 311 g/mol. The molecule has 1 aliphatic heterocycles. The van der Waals surface area contributed by atoms with Crippen molar-refractivity contribution in [3.8, 4) is 0 Å². The fourth-order valence-corrected chi connectivity index (χ4v) is 4.81. The quantitative estimate of drug-likeness (QED) is 0.800. The first-order valence-electron chi connectivity index (χ1n) is 8.24. The van der Waals surface area contributed by atoms with E-state index < -0.39 is 5.79 Å². The van der Waals surface area contributed by atoms with Gasteiger partial charge in [0.15, 0.2) is 5.79 Å². The lowest BCUT2D eigenvalue weighted by molar-refractivity contribution is -0.159. The summed E-state index contributed by atoms with van der Waals surface area (Å²) in [4.78, 5) is 8.83. The third-order valence-electron chi connectivity index (χ3n) is 5.92. The first kappa shape index (κ1) is 13.7. The van der Waals surface area contributed by atoms with Gasteiger partial charge in [0.25, 0.3) is 0 Å². The zero-order chi connectivity index (χ0) is 16.0. The van der Waals surface area contributed by atoms with Gasteiger partial charge >= 0.3 is 0 Å². The van der Waals surface area contributed by atoms with Gasteiger partial charge in [0.2, 0.25) is 0 Å². The summed E-state index contributed by atoms with van der Waals surface area (Å²) in [6.07, 6.45) is 7.11. The molecule has 5 heteroatoms. The van der Waals surface area contributed by atoms with Crippen molar-refractivity contribution in [1.29, 1.82) is 0 Å². The molecular weight excluding hydrogens is 290 g/mol. The predicted molar refractivity (Wildman–Crippen MR) is 85.9 cm³/mol. The Hall–Kier alpha value is -1.72. The summed E-state index contributed by atoms with van der Waals surface area (Å²) in [5.41, 5.74) is 2.06. The second kappa shape index (κ2) is 4.02. The Morgan fingerprint density at radius 3 is 2.96 bits per heavy atom. The minimum absolute atomic E-state index is 0.0487. The average Bonchev–Trinajstić information content (AvgIpc) is 2.78. The van der Waals surface area contributed by atoms with Crippen molar-refractivity contribution < 1.29 is 9.47 Å². The van der Waals surface area contributed by atoms with E-state index in [1.165, 1.54) is 0 Å². The van der Waals surface area contributed by atoms with Crippen LogP contribution in [0.4, 0.5) is 0 Å². The third kappa shape index (κ3) is 1.59. The highest BCUT2D eigenvalue weighted by Gasteiger charge is 2.74. The second-order valence-corrected chi connectivity index (χ2v) is 7.56. The van der Waals surface area contributed by atoms with E-state index in [4.69, 9.17) is 9.47 Å². The van der Waals surface area contributed by atoms with Crippen molar-refractivity contribution >= 4 is 11.0 Å². The van der Waals surface area contributed by atoms with Crippen LogP contribution in [0.2, 0.25) is 0 Å². The molecule has 0 bridgehead atoms.